The van der Waals surface area contributed by atoms with E-state index in [9.17, 15) is 14.7 Å². The van der Waals surface area contributed by atoms with Gasteiger partial charge in [0.25, 0.3) is 0 Å². The smallest absolute Gasteiger partial charge is 0.353 e. The summed E-state index contributed by atoms with van der Waals surface area (Å²) in [6, 6.07) is 6.26. The van der Waals surface area contributed by atoms with Crippen LogP contribution in [0.1, 0.15) is 28.0 Å². The first-order valence-electron chi connectivity index (χ1n) is 10.4. The highest BCUT2D eigenvalue weighted by atomic mass is 35.5. The standard InChI is InChI=1S/C25H15ClFN3O4/c26-16-8-18-12(10-28-29-18)7-13(16)11-30-19-9-17(27)14-5-6-34-24(14)22(19)21(23(30)25(32)33)15-3-1-2-4-20(15)31/h1-3,5-10H,4,11H2,(H,28,29)(H,32,33). The lowest BCUT2D eigenvalue weighted by Crippen LogP contribution is -2.13. The topological polar surface area (TPSA) is 101 Å². The van der Waals surface area contributed by atoms with E-state index in [1.54, 1.807) is 36.6 Å². The Morgan fingerprint density at radius 3 is 2.97 bits per heavy atom. The Labute approximate surface area is 195 Å². The number of ketones is 1. The number of hydrogen-bond donors (Lipinski definition) is 2. The number of rotatable bonds is 4. The Morgan fingerprint density at radius 1 is 1.32 bits per heavy atom. The Morgan fingerprint density at radius 2 is 2.18 bits per heavy atom. The van der Waals surface area contributed by atoms with Gasteiger partial charge in [-0.25, -0.2) is 9.18 Å². The lowest BCUT2D eigenvalue weighted by Gasteiger charge is -2.12. The lowest BCUT2D eigenvalue weighted by molar-refractivity contribution is -0.113. The van der Waals surface area contributed by atoms with E-state index in [0.717, 1.165) is 10.9 Å². The number of aromatic amines is 1. The third kappa shape index (κ3) is 2.92. The van der Waals surface area contributed by atoms with Crippen LogP contribution in [0.3, 0.4) is 0 Å². The first-order chi connectivity index (χ1) is 16.4. The van der Waals surface area contributed by atoms with Crippen LogP contribution in [0.25, 0.3) is 38.3 Å². The molecule has 5 aromatic rings. The number of carbonyl (C=O) groups excluding carboxylic acids is 1. The molecule has 0 saturated carbocycles. The second kappa shape index (κ2) is 7.43. The number of carboxylic acid groups (broad SMARTS) is 1. The van der Waals surface area contributed by atoms with Crippen LogP contribution in [0.5, 0.6) is 0 Å². The van der Waals surface area contributed by atoms with Crippen LogP contribution in [0.2, 0.25) is 5.02 Å². The van der Waals surface area contributed by atoms with Gasteiger partial charge in [0.2, 0.25) is 0 Å². The highest BCUT2D eigenvalue weighted by Crippen LogP contribution is 2.40. The number of nitrogens with one attached hydrogen (secondary N) is 1. The van der Waals surface area contributed by atoms with Crippen molar-refractivity contribution >= 4 is 61.7 Å². The van der Waals surface area contributed by atoms with Crippen LogP contribution in [-0.4, -0.2) is 31.6 Å². The molecule has 1 aliphatic carbocycles. The number of H-pyrrole nitrogens is 1. The summed E-state index contributed by atoms with van der Waals surface area (Å²) in [7, 11) is 0. The van der Waals surface area contributed by atoms with Crippen LogP contribution < -0.4 is 0 Å². The van der Waals surface area contributed by atoms with Crippen LogP contribution in [0, 0.1) is 5.82 Å². The Bertz CT molecular complexity index is 1740. The Kier molecular flexibility index (Phi) is 4.46. The fourth-order valence-electron chi connectivity index (χ4n) is 4.62. The molecule has 0 atom stereocenters. The fourth-order valence-corrected chi connectivity index (χ4v) is 4.85. The summed E-state index contributed by atoms with van der Waals surface area (Å²) >= 11 is 6.50. The molecule has 0 bridgehead atoms. The van der Waals surface area contributed by atoms with Gasteiger partial charge in [-0.15, -0.1) is 0 Å². The monoisotopic (exact) mass is 475 g/mol. The number of fused-ring (bicyclic) bond motifs is 4. The van der Waals surface area contributed by atoms with Gasteiger partial charge in [0.15, 0.2) is 5.78 Å². The molecular weight excluding hydrogens is 461 g/mol. The Balaban J connectivity index is 1.72. The van der Waals surface area contributed by atoms with Gasteiger partial charge < -0.3 is 14.1 Å². The average molecular weight is 476 g/mol. The van der Waals surface area contributed by atoms with Gasteiger partial charge in [0, 0.05) is 34.5 Å². The maximum atomic E-state index is 15.0. The molecule has 0 radical (unpaired) electrons. The van der Waals surface area contributed by atoms with E-state index in [2.05, 4.69) is 10.2 Å². The molecule has 168 valence electrons. The van der Waals surface area contributed by atoms with Gasteiger partial charge in [-0.2, -0.15) is 5.10 Å². The highest BCUT2D eigenvalue weighted by molar-refractivity contribution is 6.32. The van der Waals surface area contributed by atoms with Crippen LogP contribution in [0.15, 0.2) is 59.4 Å². The molecule has 0 spiro atoms. The van der Waals surface area contributed by atoms with Gasteiger partial charge in [0.1, 0.15) is 17.1 Å². The van der Waals surface area contributed by atoms with E-state index in [1.165, 1.54) is 23.0 Å². The number of carboxylic acids is 1. The minimum absolute atomic E-state index is 0.0288. The zero-order chi connectivity index (χ0) is 23.6. The molecule has 3 aromatic heterocycles. The molecule has 7 nitrogen and oxygen atoms in total. The molecule has 0 aliphatic heterocycles. The summed E-state index contributed by atoms with van der Waals surface area (Å²) in [5.74, 6) is -2.04. The molecule has 2 N–H and O–H groups in total. The van der Waals surface area contributed by atoms with Gasteiger partial charge in [-0.05, 0) is 29.8 Å². The van der Waals surface area contributed by atoms with Gasteiger partial charge in [-0.1, -0.05) is 29.8 Å². The zero-order valence-electron chi connectivity index (χ0n) is 17.4. The fraction of sp³-hybridized carbons (Fsp3) is 0.0800. The van der Waals surface area contributed by atoms with E-state index in [1.807, 2.05) is 0 Å². The molecule has 2 aromatic carbocycles. The summed E-state index contributed by atoms with van der Waals surface area (Å²) in [4.78, 5) is 25.5. The summed E-state index contributed by atoms with van der Waals surface area (Å²) in [6.07, 6.45) is 8.11. The van der Waals surface area contributed by atoms with Crippen molar-refractivity contribution in [1.82, 2.24) is 14.8 Å². The molecule has 3 heterocycles. The van der Waals surface area contributed by atoms with Crippen molar-refractivity contribution in [1.29, 1.82) is 0 Å². The largest absolute Gasteiger partial charge is 0.477 e. The van der Waals surface area contributed by atoms with Gasteiger partial charge in [-0.3, -0.25) is 9.89 Å². The normalized spacial score (nSPS) is 13.9. The SMILES string of the molecule is O=C1CC=CC=C1c1c(C(=O)O)n(Cc2cc3cn[nH]c3cc2Cl)c2cc(F)c3ccoc3c12. The molecule has 0 saturated heterocycles. The third-order valence-corrected chi connectivity index (χ3v) is 6.48. The maximum Gasteiger partial charge on any atom is 0.353 e. The lowest BCUT2D eigenvalue weighted by atomic mass is 9.93. The van der Waals surface area contributed by atoms with E-state index in [-0.39, 0.29) is 46.5 Å². The van der Waals surface area contributed by atoms with Gasteiger partial charge >= 0.3 is 5.97 Å². The number of aromatic carboxylic acids is 1. The number of allylic oxidation sites excluding steroid dienone is 4. The summed E-state index contributed by atoms with van der Waals surface area (Å²) < 4.78 is 22.1. The number of halogens is 2. The predicted molar refractivity (Wildman–Crippen MR) is 126 cm³/mol. The first kappa shape index (κ1) is 20.4. The van der Waals surface area contributed by atoms with Crippen molar-refractivity contribution in [3.8, 4) is 0 Å². The number of furan rings is 1. The molecule has 6 rings (SSSR count). The number of carbonyl (C=O) groups is 2. The minimum Gasteiger partial charge on any atom is -0.477 e. The molecule has 1 aliphatic rings. The van der Waals surface area contributed by atoms with E-state index in [0.29, 0.717) is 21.5 Å². The van der Waals surface area contributed by atoms with Crippen molar-refractivity contribution in [3.63, 3.8) is 0 Å². The summed E-state index contributed by atoms with van der Waals surface area (Å²) in [5.41, 5.74) is 2.13. The van der Waals surface area contributed by atoms with E-state index >= 15 is 4.39 Å². The second-order valence-electron chi connectivity index (χ2n) is 8.07. The molecule has 9 heteroatoms. The van der Waals surface area contributed by atoms with Crippen LogP contribution in [-0.2, 0) is 11.3 Å². The van der Waals surface area contributed by atoms with Gasteiger partial charge in [0.05, 0.1) is 34.3 Å². The van der Waals surface area contributed by atoms with E-state index in [4.69, 9.17) is 16.0 Å². The first-order valence-corrected chi connectivity index (χ1v) is 10.8. The zero-order valence-corrected chi connectivity index (χ0v) is 18.2. The molecular formula is C25H15ClFN3O4. The van der Waals surface area contributed by atoms with Crippen molar-refractivity contribution < 1.29 is 23.5 Å². The Hall–Kier alpha value is -4.17. The number of aromatic nitrogens is 3. The number of hydrogen-bond acceptors (Lipinski definition) is 4. The molecule has 0 amide bonds. The van der Waals surface area contributed by atoms with Crippen molar-refractivity contribution in [2.24, 2.45) is 0 Å². The summed E-state index contributed by atoms with van der Waals surface area (Å²) in [5, 5.41) is 18.9. The number of nitrogens with zero attached hydrogens (tertiary/aromatic N) is 2. The van der Waals surface area contributed by atoms with Crippen LogP contribution in [0.4, 0.5) is 4.39 Å². The molecule has 34 heavy (non-hydrogen) atoms. The quantitative estimate of drug-likeness (QED) is 0.346. The second-order valence-corrected chi connectivity index (χ2v) is 8.47. The highest BCUT2D eigenvalue weighted by Gasteiger charge is 2.31. The van der Waals surface area contributed by atoms with Crippen molar-refractivity contribution in [2.45, 2.75) is 13.0 Å². The predicted octanol–water partition coefficient (Wildman–Crippen LogP) is 5.72. The van der Waals surface area contributed by atoms with Crippen molar-refractivity contribution in [3.05, 3.63) is 82.6 Å². The summed E-state index contributed by atoms with van der Waals surface area (Å²) in [6.45, 7) is 0.0288. The minimum atomic E-state index is -1.25. The maximum absolute atomic E-state index is 15.0. The third-order valence-electron chi connectivity index (χ3n) is 6.13. The molecule has 0 fully saturated rings. The number of Topliss-reactive ketones (excluding diaryl/α,β-unsaturated/α-hetero) is 1. The van der Waals surface area contributed by atoms with E-state index < -0.39 is 11.8 Å². The van der Waals surface area contributed by atoms with Crippen LogP contribution >= 0.6 is 11.6 Å². The van der Waals surface area contributed by atoms with Crippen molar-refractivity contribution in [2.75, 3.05) is 0 Å². The average Bonchev–Trinajstić information content (AvgIpc) is 3.52. The molecule has 0 unspecified atom stereocenters. The number of benzene rings is 2.